The summed E-state index contributed by atoms with van der Waals surface area (Å²) in [5.74, 6) is -3.44. The highest BCUT2D eigenvalue weighted by Gasteiger charge is 2.31. The Labute approximate surface area is 213 Å². The Balaban J connectivity index is 2.04. The monoisotopic (exact) mass is 521 g/mol. The molecule has 0 aromatic heterocycles. The van der Waals surface area contributed by atoms with Crippen LogP contribution in [-0.4, -0.2) is 88.8 Å². The van der Waals surface area contributed by atoms with Crippen LogP contribution in [0.4, 0.5) is 0 Å². The number of nitrogens with zero attached hydrogens (tertiary/aromatic N) is 1. The summed E-state index contributed by atoms with van der Waals surface area (Å²) in [5.41, 5.74) is 11.2. The fourth-order valence-electron chi connectivity index (χ4n) is 3.76. The van der Waals surface area contributed by atoms with Gasteiger partial charge in [-0.25, -0.2) is 4.79 Å². The summed E-state index contributed by atoms with van der Waals surface area (Å²) in [4.78, 5) is 53.8. The quantitative estimate of drug-likeness (QED) is 0.0695. The Morgan fingerprint density at radius 1 is 1.03 bits per heavy atom. The third kappa shape index (κ3) is 9.93. The predicted molar refractivity (Wildman–Crippen MR) is 133 cm³/mol. The first-order chi connectivity index (χ1) is 17.6. The minimum absolute atomic E-state index is 0.00590. The van der Waals surface area contributed by atoms with Crippen LogP contribution in [0.2, 0.25) is 0 Å². The predicted octanol–water partition coefficient (Wildman–Crippen LogP) is -2.73. The molecule has 1 saturated heterocycles. The van der Waals surface area contributed by atoms with Crippen molar-refractivity contribution in [2.24, 2.45) is 16.5 Å². The lowest BCUT2D eigenvalue weighted by atomic mass is 10.1. The number of aliphatic hydroxyl groups is 1. The topological polar surface area (TPSA) is 241 Å². The standard InChI is InChI=1S/C23H35N7O7/c24-23(25)27-10-2-4-16(28-19(33)15-3-1-9-26-15)20(34)30-18(12-31)21(35)29-17(22(36)37)11-13-5-7-14(32)8-6-13/h5-8,15-18,26,31-32H,1-4,9-12H2,(H,28,33)(H,29,35)(H,30,34)(H,36,37)(H4,24,25,27). The lowest BCUT2D eigenvalue weighted by Crippen LogP contribution is -2.58. The number of rotatable bonds is 14. The van der Waals surface area contributed by atoms with Gasteiger partial charge < -0.3 is 48.1 Å². The van der Waals surface area contributed by atoms with E-state index in [2.05, 4.69) is 26.3 Å². The third-order valence-electron chi connectivity index (χ3n) is 5.76. The van der Waals surface area contributed by atoms with Crippen molar-refractivity contribution >= 4 is 29.7 Å². The number of aliphatic carboxylic acids is 1. The van der Waals surface area contributed by atoms with Gasteiger partial charge in [0.2, 0.25) is 17.7 Å². The average molecular weight is 522 g/mol. The van der Waals surface area contributed by atoms with Gasteiger partial charge in [0.15, 0.2) is 5.96 Å². The largest absolute Gasteiger partial charge is 0.508 e. The molecular formula is C23H35N7O7. The fourth-order valence-corrected chi connectivity index (χ4v) is 3.76. The van der Waals surface area contributed by atoms with Crippen LogP contribution in [0, 0.1) is 0 Å². The molecule has 37 heavy (non-hydrogen) atoms. The van der Waals surface area contributed by atoms with Crippen LogP contribution >= 0.6 is 0 Å². The first-order valence-electron chi connectivity index (χ1n) is 11.9. The van der Waals surface area contributed by atoms with Crippen LogP contribution in [-0.2, 0) is 25.6 Å². The fraction of sp³-hybridized carbons (Fsp3) is 0.522. The summed E-state index contributed by atoms with van der Waals surface area (Å²) < 4.78 is 0. The highest BCUT2D eigenvalue weighted by molar-refractivity contribution is 5.94. The van der Waals surface area contributed by atoms with Gasteiger partial charge >= 0.3 is 5.97 Å². The first kappa shape index (κ1) is 29.3. The van der Waals surface area contributed by atoms with Crippen molar-refractivity contribution in [3.63, 3.8) is 0 Å². The average Bonchev–Trinajstić information content (AvgIpc) is 3.40. The van der Waals surface area contributed by atoms with Gasteiger partial charge in [-0.05, 0) is 49.9 Å². The van der Waals surface area contributed by atoms with Gasteiger partial charge in [0.05, 0.1) is 12.6 Å². The second kappa shape index (κ2) is 14.6. The number of carboxylic acid groups (broad SMARTS) is 1. The summed E-state index contributed by atoms with van der Waals surface area (Å²) in [6.45, 7) is 0.0915. The first-order valence-corrected chi connectivity index (χ1v) is 11.9. The number of aliphatic hydroxyl groups excluding tert-OH is 1. The molecule has 1 fully saturated rings. The summed E-state index contributed by atoms with van der Waals surface area (Å²) in [6.07, 6.45) is 1.84. The van der Waals surface area contributed by atoms with Crippen LogP contribution in [0.25, 0.3) is 0 Å². The van der Waals surface area contributed by atoms with E-state index in [-0.39, 0.29) is 37.0 Å². The molecular weight excluding hydrogens is 486 g/mol. The molecule has 11 N–H and O–H groups in total. The molecule has 0 aliphatic carbocycles. The molecule has 204 valence electrons. The van der Waals surface area contributed by atoms with Crippen LogP contribution in [0.1, 0.15) is 31.2 Å². The molecule has 1 aromatic rings. The van der Waals surface area contributed by atoms with Gasteiger partial charge in [0, 0.05) is 13.0 Å². The second-order valence-electron chi connectivity index (χ2n) is 8.67. The zero-order valence-corrected chi connectivity index (χ0v) is 20.4. The minimum Gasteiger partial charge on any atom is -0.508 e. The Morgan fingerprint density at radius 3 is 2.24 bits per heavy atom. The normalized spacial score (nSPS) is 17.2. The minimum atomic E-state index is -1.46. The van der Waals surface area contributed by atoms with Crippen LogP contribution in [0.15, 0.2) is 29.3 Å². The lowest BCUT2D eigenvalue weighted by molar-refractivity contribution is -0.142. The maximum absolute atomic E-state index is 13.0. The number of hydrogen-bond donors (Lipinski definition) is 9. The van der Waals surface area contributed by atoms with Crippen LogP contribution in [0.3, 0.4) is 0 Å². The number of phenols is 1. The number of guanidine groups is 1. The van der Waals surface area contributed by atoms with E-state index >= 15 is 0 Å². The molecule has 1 aliphatic heterocycles. The maximum Gasteiger partial charge on any atom is 0.326 e. The van der Waals surface area contributed by atoms with Gasteiger partial charge in [0.1, 0.15) is 23.9 Å². The van der Waals surface area contributed by atoms with Crippen molar-refractivity contribution in [2.75, 3.05) is 19.7 Å². The highest BCUT2D eigenvalue weighted by atomic mass is 16.4. The molecule has 4 atom stereocenters. The molecule has 14 nitrogen and oxygen atoms in total. The number of carboxylic acids is 1. The highest BCUT2D eigenvalue weighted by Crippen LogP contribution is 2.12. The van der Waals surface area contributed by atoms with Crippen LogP contribution in [0.5, 0.6) is 5.75 Å². The van der Waals surface area contributed by atoms with Crippen molar-refractivity contribution in [2.45, 2.75) is 56.3 Å². The number of amides is 3. The number of hydrogen-bond acceptors (Lipinski definition) is 8. The number of carbonyl (C=O) groups is 4. The zero-order chi connectivity index (χ0) is 27.4. The Kier molecular flexibility index (Phi) is 11.6. The van der Waals surface area contributed by atoms with Crippen molar-refractivity contribution in [3.05, 3.63) is 29.8 Å². The molecule has 3 amide bonds. The van der Waals surface area contributed by atoms with E-state index in [1.165, 1.54) is 24.3 Å². The van der Waals surface area contributed by atoms with Gasteiger partial charge in [0.25, 0.3) is 0 Å². The summed E-state index contributed by atoms with van der Waals surface area (Å²) in [7, 11) is 0. The van der Waals surface area contributed by atoms with E-state index in [1.54, 1.807) is 0 Å². The summed E-state index contributed by atoms with van der Waals surface area (Å²) in [5, 5.41) is 39.0. The van der Waals surface area contributed by atoms with E-state index in [0.29, 0.717) is 24.9 Å². The third-order valence-corrected chi connectivity index (χ3v) is 5.76. The van der Waals surface area contributed by atoms with Gasteiger partial charge in [-0.1, -0.05) is 12.1 Å². The number of nitrogens with one attached hydrogen (secondary N) is 4. The van der Waals surface area contributed by atoms with Gasteiger partial charge in [-0.2, -0.15) is 0 Å². The van der Waals surface area contributed by atoms with E-state index in [4.69, 9.17) is 11.5 Å². The number of benzene rings is 1. The molecule has 1 aromatic carbocycles. The Hall–Kier alpha value is -3.91. The van der Waals surface area contributed by atoms with Gasteiger partial charge in [-0.3, -0.25) is 19.4 Å². The number of carbonyl (C=O) groups excluding carboxylic acids is 3. The molecule has 14 heteroatoms. The Morgan fingerprint density at radius 2 is 1.68 bits per heavy atom. The SMILES string of the molecule is NC(N)=NCCCC(NC(=O)C1CCCN1)C(=O)NC(CO)C(=O)NC(Cc1ccc(O)cc1)C(=O)O. The smallest absolute Gasteiger partial charge is 0.326 e. The van der Waals surface area contributed by atoms with Crippen molar-refractivity contribution in [1.82, 2.24) is 21.3 Å². The molecule has 1 aliphatic rings. The number of nitrogens with two attached hydrogens (primary N) is 2. The molecule has 4 unspecified atom stereocenters. The second-order valence-corrected chi connectivity index (χ2v) is 8.67. The van der Waals surface area contributed by atoms with Crippen molar-refractivity contribution in [1.29, 1.82) is 0 Å². The molecule has 0 saturated carbocycles. The Bertz CT molecular complexity index is 961. The molecule has 0 bridgehead atoms. The molecule has 0 spiro atoms. The van der Waals surface area contributed by atoms with E-state index in [9.17, 15) is 34.5 Å². The lowest BCUT2D eigenvalue weighted by Gasteiger charge is -2.24. The zero-order valence-electron chi connectivity index (χ0n) is 20.4. The molecule has 1 heterocycles. The van der Waals surface area contributed by atoms with E-state index in [1.807, 2.05) is 0 Å². The summed E-state index contributed by atoms with van der Waals surface area (Å²) >= 11 is 0. The van der Waals surface area contributed by atoms with Gasteiger partial charge in [-0.15, -0.1) is 0 Å². The molecule has 2 rings (SSSR count). The van der Waals surface area contributed by atoms with Crippen molar-refractivity contribution < 1.29 is 34.5 Å². The van der Waals surface area contributed by atoms with Crippen LogP contribution < -0.4 is 32.7 Å². The summed E-state index contributed by atoms with van der Waals surface area (Å²) in [6, 6.07) is 1.49. The number of aliphatic imine (C=N–C) groups is 1. The maximum atomic E-state index is 13.0. The number of phenolic OH excluding ortho intramolecular Hbond substituents is 1. The molecule has 0 radical (unpaired) electrons. The van der Waals surface area contributed by atoms with E-state index in [0.717, 1.165) is 6.42 Å². The van der Waals surface area contributed by atoms with Crippen molar-refractivity contribution in [3.8, 4) is 5.75 Å². The van der Waals surface area contributed by atoms with E-state index < -0.39 is 48.6 Å². The number of aromatic hydroxyl groups is 1.